The Morgan fingerprint density at radius 3 is 2.72 bits per heavy atom. The van der Waals surface area contributed by atoms with Gasteiger partial charge in [-0.25, -0.2) is 4.98 Å². The molecule has 0 unspecified atom stereocenters. The van der Waals surface area contributed by atoms with Crippen LogP contribution in [0.15, 0.2) is 16.7 Å². The summed E-state index contributed by atoms with van der Waals surface area (Å²) in [5.41, 5.74) is 0. The van der Waals surface area contributed by atoms with E-state index in [1.54, 1.807) is 13.3 Å². The van der Waals surface area contributed by atoms with Crippen molar-refractivity contribution in [1.29, 1.82) is 0 Å². The highest BCUT2D eigenvalue weighted by molar-refractivity contribution is 9.10. The normalized spacial score (nSPS) is 17.2. The van der Waals surface area contributed by atoms with Gasteiger partial charge >= 0.3 is 0 Å². The summed E-state index contributed by atoms with van der Waals surface area (Å²) in [7, 11) is 1.74. The number of ether oxygens (including phenoxy) is 1. The minimum atomic E-state index is 0.657. The molecule has 2 rings (SSSR count). The Morgan fingerprint density at radius 1 is 1.39 bits per heavy atom. The van der Waals surface area contributed by atoms with Crippen molar-refractivity contribution < 1.29 is 4.74 Å². The number of methoxy groups -OCH3 is 1. The Kier molecular flexibility index (Phi) is 5.24. The maximum absolute atomic E-state index is 5.90. The molecule has 0 spiro atoms. The molecule has 4 nitrogen and oxygen atoms in total. The van der Waals surface area contributed by atoms with Crippen molar-refractivity contribution in [3.8, 4) is 0 Å². The van der Waals surface area contributed by atoms with Gasteiger partial charge in [0, 0.05) is 46.0 Å². The van der Waals surface area contributed by atoms with Crippen molar-refractivity contribution >= 4 is 33.3 Å². The molecular weight excluding hydrogens is 318 g/mol. The summed E-state index contributed by atoms with van der Waals surface area (Å²) in [6.45, 7) is 5.84. The topological polar surface area (TPSA) is 28.6 Å². The molecule has 0 amide bonds. The van der Waals surface area contributed by atoms with Gasteiger partial charge in [-0.3, -0.25) is 4.90 Å². The number of rotatable bonds is 4. The molecule has 0 atom stereocenters. The summed E-state index contributed by atoms with van der Waals surface area (Å²) >= 11 is 9.42. The van der Waals surface area contributed by atoms with E-state index in [0.29, 0.717) is 5.02 Å². The molecule has 100 valence electrons. The first-order valence-corrected chi connectivity index (χ1v) is 7.15. The Balaban J connectivity index is 1.93. The fourth-order valence-electron chi connectivity index (χ4n) is 2.04. The third-order valence-electron chi connectivity index (χ3n) is 3.07. The maximum Gasteiger partial charge on any atom is 0.143 e. The van der Waals surface area contributed by atoms with E-state index in [1.165, 1.54) is 0 Å². The Morgan fingerprint density at radius 2 is 2.11 bits per heavy atom. The monoisotopic (exact) mass is 333 g/mol. The number of nitrogens with zero attached hydrogens (tertiary/aromatic N) is 3. The number of hydrogen-bond donors (Lipinski definition) is 0. The van der Waals surface area contributed by atoms with Crippen LogP contribution in [0, 0.1) is 0 Å². The quantitative estimate of drug-likeness (QED) is 0.844. The lowest BCUT2D eigenvalue weighted by atomic mass is 10.3. The molecule has 0 saturated carbocycles. The second kappa shape index (κ2) is 6.70. The van der Waals surface area contributed by atoms with E-state index in [1.807, 2.05) is 6.07 Å². The van der Waals surface area contributed by atoms with Crippen molar-refractivity contribution in [1.82, 2.24) is 9.88 Å². The van der Waals surface area contributed by atoms with Crippen molar-refractivity contribution in [3.05, 3.63) is 21.8 Å². The highest BCUT2D eigenvalue weighted by Crippen LogP contribution is 2.27. The zero-order valence-corrected chi connectivity index (χ0v) is 12.7. The van der Waals surface area contributed by atoms with Crippen LogP contribution in [0.4, 0.5) is 5.82 Å². The number of hydrogen-bond acceptors (Lipinski definition) is 4. The van der Waals surface area contributed by atoms with E-state index in [4.69, 9.17) is 16.3 Å². The third-order valence-corrected chi connectivity index (χ3v) is 3.86. The molecule has 0 aromatic carbocycles. The maximum atomic E-state index is 5.90. The molecule has 0 aliphatic carbocycles. The van der Waals surface area contributed by atoms with Crippen molar-refractivity contribution in [2.45, 2.75) is 0 Å². The lowest BCUT2D eigenvalue weighted by Gasteiger charge is -2.35. The number of pyridine rings is 1. The van der Waals surface area contributed by atoms with Crippen molar-refractivity contribution in [2.24, 2.45) is 0 Å². The van der Waals surface area contributed by atoms with E-state index >= 15 is 0 Å². The Labute approximate surface area is 121 Å². The van der Waals surface area contributed by atoms with Crippen LogP contribution in [0.5, 0.6) is 0 Å². The molecular formula is C12H17BrClN3O. The largest absolute Gasteiger partial charge is 0.383 e. The van der Waals surface area contributed by atoms with E-state index in [2.05, 4.69) is 30.7 Å². The number of halogens is 2. The van der Waals surface area contributed by atoms with Crippen LogP contribution in [-0.2, 0) is 4.74 Å². The molecule has 0 N–H and O–H groups in total. The molecule has 2 heterocycles. The SMILES string of the molecule is COCCN1CCN(c2ncc(Cl)cc2Br)CC1. The van der Waals surface area contributed by atoms with Crippen LogP contribution < -0.4 is 4.90 Å². The summed E-state index contributed by atoms with van der Waals surface area (Å²) in [4.78, 5) is 9.08. The number of anilines is 1. The number of piperazine rings is 1. The van der Waals surface area contributed by atoms with Crippen molar-refractivity contribution in [3.63, 3.8) is 0 Å². The molecule has 0 bridgehead atoms. The summed E-state index contributed by atoms with van der Waals surface area (Å²) in [5, 5.41) is 0.657. The molecule has 6 heteroatoms. The highest BCUT2D eigenvalue weighted by atomic mass is 79.9. The molecule has 18 heavy (non-hydrogen) atoms. The van der Waals surface area contributed by atoms with Crippen LogP contribution in [0.25, 0.3) is 0 Å². The lowest BCUT2D eigenvalue weighted by molar-refractivity contribution is 0.144. The predicted octanol–water partition coefficient (Wildman–Crippen LogP) is 2.27. The lowest BCUT2D eigenvalue weighted by Crippen LogP contribution is -2.47. The first-order chi connectivity index (χ1) is 8.70. The molecule has 1 aromatic heterocycles. The van der Waals surface area contributed by atoms with Gasteiger partial charge in [0.1, 0.15) is 5.82 Å². The fraction of sp³-hybridized carbons (Fsp3) is 0.583. The van der Waals surface area contributed by atoms with Gasteiger partial charge in [-0.2, -0.15) is 0 Å². The molecule has 1 fully saturated rings. The Bertz CT molecular complexity index is 397. The van der Waals surface area contributed by atoms with Crippen LogP contribution in [0.2, 0.25) is 5.02 Å². The van der Waals surface area contributed by atoms with E-state index in [-0.39, 0.29) is 0 Å². The molecule has 1 aromatic rings. The molecule has 1 aliphatic rings. The predicted molar refractivity (Wildman–Crippen MR) is 77.5 cm³/mol. The first kappa shape index (κ1) is 14.1. The van der Waals surface area contributed by atoms with E-state index in [9.17, 15) is 0 Å². The van der Waals surface area contributed by atoms with Gasteiger partial charge < -0.3 is 9.64 Å². The minimum absolute atomic E-state index is 0.657. The van der Waals surface area contributed by atoms with Gasteiger partial charge in [-0.05, 0) is 22.0 Å². The van der Waals surface area contributed by atoms with Gasteiger partial charge in [0.2, 0.25) is 0 Å². The van der Waals surface area contributed by atoms with Gasteiger partial charge in [-0.1, -0.05) is 11.6 Å². The smallest absolute Gasteiger partial charge is 0.143 e. The van der Waals surface area contributed by atoms with Crippen LogP contribution in [0.1, 0.15) is 0 Å². The molecule has 1 saturated heterocycles. The first-order valence-electron chi connectivity index (χ1n) is 5.98. The van der Waals surface area contributed by atoms with Gasteiger partial charge in [0.25, 0.3) is 0 Å². The Hall–Kier alpha value is -0.360. The highest BCUT2D eigenvalue weighted by Gasteiger charge is 2.19. The molecule has 1 aliphatic heterocycles. The van der Waals surface area contributed by atoms with Crippen molar-refractivity contribution in [2.75, 3.05) is 51.3 Å². The zero-order valence-electron chi connectivity index (χ0n) is 10.4. The average molecular weight is 335 g/mol. The average Bonchev–Trinajstić information content (AvgIpc) is 2.37. The van der Waals surface area contributed by atoms with Gasteiger partial charge in [0.05, 0.1) is 16.1 Å². The third kappa shape index (κ3) is 3.57. The summed E-state index contributed by atoms with van der Waals surface area (Å²) < 4.78 is 6.06. The number of aromatic nitrogens is 1. The van der Waals surface area contributed by atoms with E-state index in [0.717, 1.165) is 49.6 Å². The van der Waals surface area contributed by atoms with Crippen LogP contribution >= 0.6 is 27.5 Å². The summed E-state index contributed by atoms with van der Waals surface area (Å²) in [6, 6.07) is 1.89. The van der Waals surface area contributed by atoms with Gasteiger partial charge in [-0.15, -0.1) is 0 Å². The molecule has 0 radical (unpaired) electrons. The fourth-order valence-corrected chi connectivity index (χ4v) is 2.93. The second-order valence-electron chi connectivity index (χ2n) is 4.28. The summed E-state index contributed by atoms with van der Waals surface area (Å²) in [6.07, 6.45) is 1.69. The van der Waals surface area contributed by atoms with Crippen LogP contribution in [0.3, 0.4) is 0 Å². The summed E-state index contributed by atoms with van der Waals surface area (Å²) in [5.74, 6) is 0.978. The minimum Gasteiger partial charge on any atom is -0.383 e. The van der Waals surface area contributed by atoms with Crippen LogP contribution in [-0.4, -0.2) is 56.3 Å². The van der Waals surface area contributed by atoms with E-state index < -0.39 is 0 Å². The zero-order chi connectivity index (χ0) is 13.0. The second-order valence-corrected chi connectivity index (χ2v) is 5.57. The van der Waals surface area contributed by atoms with Gasteiger partial charge in [0.15, 0.2) is 0 Å². The standard InChI is InChI=1S/C12H17BrClN3O/c1-18-7-6-16-2-4-17(5-3-16)12-11(13)8-10(14)9-15-12/h8-9H,2-7H2,1H3.